The van der Waals surface area contributed by atoms with Gasteiger partial charge >= 0.3 is 0 Å². The maximum Gasteiger partial charge on any atom is 0.194 e. The Bertz CT molecular complexity index is 491. The molecule has 1 aliphatic rings. The summed E-state index contributed by atoms with van der Waals surface area (Å²) in [6.07, 6.45) is 1.15. The van der Waals surface area contributed by atoms with E-state index in [9.17, 15) is 5.11 Å². The lowest BCUT2D eigenvalue weighted by Gasteiger charge is -2.21. The summed E-state index contributed by atoms with van der Waals surface area (Å²) in [4.78, 5) is 7.00. The molecule has 1 aromatic carbocycles. The topological polar surface area (TPSA) is 57.1 Å². The van der Waals surface area contributed by atoms with Crippen LogP contribution < -0.4 is 5.32 Å². The second-order valence-corrected chi connectivity index (χ2v) is 5.60. The van der Waals surface area contributed by atoms with Crippen molar-refractivity contribution in [2.75, 3.05) is 32.8 Å². The molecule has 1 unspecified atom stereocenters. The molecule has 2 rings (SSSR count). The summed E-state index contributed by atoms with van der Waals surface area (Å²) in [6.45, 7) is 9.16. The van der Waals surface area contributed by atoms with Gasteiger partial charge in [-0.25, -0.2) is 4.99 Å². The minimum Gasteiger partial charge on any atom is -0.508 e. The lowest BCUT2D eigenvalue weighted by atomic mass is 10.1. The highest BCUT2D eigenvalue weighted by atomic mass is 16.5. The number of likely N-dealkylation sites (tertiary alicyclic amines) is 1. The van der Waals surface area contributed by atoms with Gasteiger partial charge in [-0.15, -0.1) is 0 Å². The second-order valence-electron chi connectivity index (χ2n) is 5.60. The van der Waals surface area contributed by atoms with Gasteiger partial charge in [0.05, 0.1) is 13.2 Å². The largest absolute Gasteiger partial charge is 0.508 e. The van der Waals surface area contributed by atoms with E-state index in [0.29, 0.717) is 12.5 Å². The van der Waals surface area contributed by atoms with Crippen molar-refractivity contribution in [2.24, 2.45) is 10.9 Å². The van der Waals surface area contributed by atoms with Crippen LogP contribution in [0.25, 0.3) is 0 Å². The molecule has 1 atom stereocenters. The molecule has 0 spiro atoms. The van der Waals surface area contributed by atoms with E-state index in [0.717, 1.165) is 50.8 Å². The van der Waals surface area contributed by atoms with Crippen LogP contribution >= 0.6 is 0 Å². The summed E-state index contributed by atoms with van der Waals surface area (Å²) >= 11 is 0. The molecular formula is C17H27N3O2. The lowest BCUT2D eigenvalue weighted by Crippen LogP contribution is -2.40. The fraction of sp³-hybridized carbons (Fsp3) is 0.588. The second kappa shape index (κ2) is 8.63. The van der Waals surface area contributed by atoms with Crippen LogP contribution in [0.15, 0.2) is 29.3 Å². The first kappa shape index (κ1) is 16.6. The van der Waals surface area contributed by atoms with Gasteiger partial charge in [0, 0.05) is 32.2 Å². The highest BCUT2D eigenvalue weighted by Gasteiger charge is 2.24. The minimum absolute atomic E-state index is 0.288. The van der Waals surface area contributed by atoms with Crippen molar-refractivity contribution in [3.05, 3.63) is 29.8 Å². The number of aliphatic imine (C=N–C) groups is 1. The Morgan fingerprint density at radius 3 is 3.05 bits per heavy atom. The van der Waals surface area contributed by atoms with Crippen LogP contribution in [-0.4, -0.2) is 48.8 Å². The zero-order chi connectivity index (χ0) is 15.8. The van der Waals surface area contributed by atoms with Gasteiger partial charge in [0.2, 0.25) is 0 Å². The molecule has 0 saturated carbocycles. The molecule has 1 saturated heterocycles. The van der Waals surface area contributed by atoms with E-state index in [1.807, 2.05) is 19.1 Å². The summed E-state index contributed by atoms with van der Waals surface area (Å²) in [7, 11) is 0. The van der Waals surface area contributed by atoms with Gasteiger partial charge < -0.3 is 20.1 Å². The number of aromatic hydroxyl groups is 1. The molecule has 122 valence electrons. The van der Waals surface area contributed by atoms with Crippen LogP contribution in [0, 0.1) is 5.92 Å². The Morgan fingerprint density at radius 1 is 1.45 bits per heavy atom. The normalized spacial score (nSPS) is 18.7. The Balaban J connectivity index is 1.96. The summed E-state index contributed by atoms with van der Waals surface area (Å²) in [6, 6.07) is 7.27. The minimum atomic E-state index is 0.288. The number of guanidine groups is 1. The van der Waals surface area contributed by atoms with Crippen LogP contribution in [0.3, 0.4) is 0 Å². The Morgan fingerprint density at radius 2 is 2.32 bits per heavy atom. The van der Waals surface area contributed by atoms with E-state index >= 15 is 0 Å². The molecular weight excluding hydrogens is 278 g/mol. The van der Waals surface area contributed by atoms with E-state index in [-0.39, 0.29) is 5.75 Å². The van der Waals surface area contributed by atoms with E-state index < -0.39 is 0 Å². The molecule has 0 aliphatic carbocycles. The lowest BCUT2D eigenvalue weighted by molar-refractivity contribution is 0.114. The van der Waals surface area contributed by atoms with Gasteiger partial charge in [-0.05, 0) is 38.0 Å². The first-order valence-corrected chi connectivity index (χ1v) is 8.11. The van der Waals surface area contributed by atoms with Crippen LogP contribution in [-0.2, 0) is 11.3 Å². The third kappa shape index (κ3) is 4.91. The number of benzene rings is 1. The van der Waals surface area contributed by atoms with Crippen molar-refractivity contribution in [3.8, 4) is 5.75 Å². The number of nitrogens with zero attached hydrogens (tertiary/aromatic N) is 2. The zero-order valence-corrected chi connectivity index (χ0v) is 13.6. The molecule has 1 aliphatic heterocycles. The molecule has 1 aromatic rings. The van der Waals surface area contributed by atoms with Gasteiger partial charge in [0.15, 0.2) is 5.96 Å². The third-order valence-electron chi connectivity index (χ3n) is 3.80. The molecule has 5 heteroatoms. The first-order chi connectivity index (χ1) is 10.7. The molecule has 1 fully saturated rings. The SMILES string of the molecule is CCNC(=NCc1cccc(O)c1)N1CCC(COCC)C1. The molecule has 1 heterocycles. The average molecular weight is 305 g/mol. The van der Waals surface area contributed by atoms with E-state index in [1.165, 1.54) is 0 Å². The molecule has 0 amide bonds. The van der Waals surface area contributed by atoms with Gasteiger partial charge in [0.25, 0.3) is 0 Å². The van der Waals surface area contributed by atoms with Gasteiger partial charge in [-0.3, -0.25) is 0 Å². The van der Waals surface area contributed by atoms with Gasteiger partial charge in [-0.1, -0.05) is 12.1 Å². The molecule has 2 N–H and O–H groups in total. The first-order valence-electron chi connectivity index (χ1n) is 8.11. The highest BCUT2D eigenvalue weighted by Crippen LogP contribution is 2.17. The summed E-state index contributed by atoms with van der Waals surface area (Å²) in [5, 5.41) is 12.9. The van der Waals surface area contributed by atoms with Gasteiger partial charge in [-0.2, -0.15) is 0 Å². The molecule has 22 heavy (non-hydrogen) atoms. The van der Waals surface area contributed by atoms with E-state index in [4.69, 9.17) is 9.73 Å². The molecule has 5 nitrogen and oxygen atoms in total. The van der Waals surface area contributed by atoms with Crippen molar-refractivity contribution in [3.63, 3.8) is 0 Å². The quantitative estimate of drug-likeness (QED) is 0.625. The van der Waals surface area contributed by atoms with Crippen LogP contribution in [0.1, 0.15) is 25.8 Å². The van der Waals surface area contributed by atoms with Gasteiger partial charge in [0.1, 0.15) is 5.75 Å². The maximum absolute atomic E-state index is 9.52. The zero-order valence-electron chi connectivity index (χ0n) is 13.6. The molecule has 0 aromatic heterocycles. The Hall–Kier alpha value is -1.75. The van der Waals surface area contributed by atoms with Crippen molar-refractivity contribution >= 4 is 5.96 Å². The van der Waals surface area contributed by atoms with Crippen molar-refractivity contribution in [2.45, 2.75) is 26.8 Å². The Kier molecular flexibility index (Phi) is 6.52. The molecule has 0 radical (unpaired) electrons. The van der Waals surface area contributed by atoms with Crippen LogP contribution in [0.5, 0.6) is 5.75 Å². The number of ether oxygens (including phenoxy) is 1. The van der Waals surface area contributed by atoms with Crippen LogP contribution in [0.2, 0.25) is 0 Å². The predicted octanol–water partition coefficient (Wildman–Crippen LogP) is 2.22. The summed E-state index contributed by atoms with van der Waals surface area (Å²) in [5.74, 6) is 1.82. The summed E-state index contributed by atoms with van der Waals surface area (Å²) in [5.41, 5.74) is 1.01. The monoisotopic (exact) mass is 305 g/mol. The number of phenols is 1. The fourth-order valence-electron chi connectivity index (χ4n) is 2.69. The average Bonchev–Trinajstić information content (AvgIpc) is 2.98. The van der Waals surface area contributed by atoms with E-state index in [2.05, 4.69) is 17.1 Å². The number of hydrogen-bond donors (Lipinski definition) is 2. The number of hydrogen-bond acceptors (Lipinski definition) is 3. The van der Waals surface area contributed by atoms with Crippen molar-refractivity contribution < 1.29 is 9.84 Å². The smallest absolute Gasteiger partial charge is 0.194 e. The third-order valence-corrected chi connectivity index (χ3v) is 3.80. The van der Waals surface area contributed by atoms with Crippen LogP contribution in [0.4, 0.5) is 0 Å². The fourth-order valence-corrected chi connectivity index (χ4v) is 2.69. The highest BCUT2D eigenvalue weighted by molar-refractivity contribution is 5.80. The number of nitrogens with one attached hydrogen (secondary N) is 1. The number of rotatable bonds is 6. The van der Waals surface area contributed by atoms with E-state index in [1.54, 1.807) is 12.1 Å². The summed E-state index contributed by atoms with van der Waals surface area (Å²) < 4.78 is 5.53. The standard InChI is InChI=1S/C17H27N3O2/c1-3-18-17(19-11-14-6-5-7-16(21)10-14)20-9-8-15(12-20)13-22-4-2/h5-7,10,15,21H,3-4,8-9,11-13H2,1-2H3,(H,18,19). The Labute approximate surface area is 133 Å². The maximum atomic E-state index is 9.52. The van der Waals surface area contributed by atoms with Crippen molar-refractivity contribution in [1.29, 1.82) is 0 Å². The predicted molar refractivity (Wildman–Crippen MR) is 89.1 cm³/mol. The molecule has 0 bridgehead atoms. The van der Waals surface area contributed by atoms with Crippen molar-refractivity contribution in [1.82, 2.24) is 10.2 Å². The number of phenolic OH excluding ortho intramolecular Hbond substituents is 1.